The van der Waals surface area contributed by atoms with Crippen LogP contribution in [0.2, 0.25) is 0 Å². The third-order valence-corrected chi connectivity index (χ3v) is 3.66. The van der Waals surface area contributed by atoms with Crippen LogP contribution < -0.4 is 0 Å². The summed E-state index contributed by atoms with van der Waals surface area (Å²) in [6, 6.07) is 0. The van der Waals surface area contributed by atoms with E-state index in [-0.39, 0.29) is 5.57 Å². The average Bonchev–Trinajstić information content (AvgIpc) is 2.32. The molecule has 0 bridgehead atoms. The summed E-state index contributed by atoms with van der Waals surface area (Å²) in [6.45, 7) is 8.00. The van der Waals surface area contributed by atoms with E-state index in [4.69, 9.17) is 5.11 Å². The van der Waals surface area contributed by atoms with Crippen LogP contribution >= 0.6 is 22.6 Å². The molecule has 1 N–H and O–H groups in total. The van der Waals surface area contributed by atoms with Crippen LogP contribution in [0.1, 0.15) is 13.8 Å². The predicted octanol–water partition coefficient (Wildman–Crippen LogP) is 3.41. The molecule has 0 aromatic heterocycles. The number of hydrogen-bond acceptors (Lipinski definition) is 3. The van der Waals surface area contributed by atoms with Crippen LogP contribution in [0.5, 0.6) is 0 Å². The van der Waals surface area contributed by atoms with Gasteiger partial charge in [-0.15, -0.1) is 0 Å². The number of carbonyl (C=O) groups is 1. The topological polar surface area (TPSA) is 46.5 Å². The Morgan fingerprint density at radius 1 is 1.33 bits per heavy atom. The van der Waals surface area contributed by atoms with E-state index < -0.39 is 33.7 Å². The van der Waals surface area contributed by atoms with Gasteiger partial charge in [0.2, 0.25) is 3.68 Å². The minimum atomic E-state index is -5.37. The Labute approximate surface area is 132 Å². The van der Waals surface area contributed by atoms with Gasteiger partial charge in [0.15, 0.2) is 17.9 Å². The molecule has 122 valence electrons. The Morgan fingerprint density at radius 3 is 2.05 bits per heavy atom. The highest BCUT2D eigenvalue weighted by molar-refractivity contribution is 14.1. The largest absolute Gasteiger partial charge is 0.451 e. The lowest BCUT2D eigenvalue weighted by molar-refractivity contribution is -0.242. The summed E-state index contributed by atoms with van der Waals surface area (Å²) >= 11 is 0.563. The minimum Gasteiger partial charge on any atom is -0.451 e. The van der Waals surface area contributed by atoms with Crippen molar-refractivity contribution in [2.75, 3.05) is 0 Å². The Kier molecular flexibility index (Phi) is 6.37. The number of aliphatic hydroxyl groups is 1. The molecule has 0 saturated carbocycles. The van der Waals surface area contributed by atoms with E-state index in [1.165, 1.54) is 0 Å². The van der Waals surface area contributed by atoms with Crippen molar-refractivity contribution >= 4 is 28.6 Å². The summed E-state index contributed by atoms with van der Waals surface area (Å²) in [5, 5.41) is 9.07. The van der Waals surface area contributed by atoms with Crippen molar-refractivity contribution in [1.82, 2.24) is 0 Å². The molecule has 3 nitrogen and oxygen atoms in total. The van der Waals surface area contributed by atoms with Crippen molar-refractivity contribution in [1.29, 1.82) is 0 Å². The first-order valence-corrected chi connectivity index (χ1v) is 6.57. The second-order valence-corrected chi connectivity index (χ2v) is 6.19. The third kappa shape index (κ3) is 4.90. The maximum Gasteiger partial charge on any atom is 0.418 e. The van der Waals surface area contributed by atoms with E-state index in [0.29, 0.717) is 35.6 Å². The van der Waals surface area contributed by atoms with Crippen molar-refractivity contribution < 1.29 is 36.6 Å². The van der Waals surface area contributed by atoms with Crippen LogP contribution in [0, 0.1) is 0 Å². The molecule has 0 aliphatic carbocycles. The number of aliphatic hydroxyl groups excluding tert-OH is 1. The van der Waals surface area contributed by atoms with Gasteiger partial charge in [0, 0.05) is 5.57 Å². The Hall–Kier alpha value is -0.710. The van der Waals surface area contributed by atoms with Gasteiger partial charge in [-0.05, 0) is 36.4 Å². The van der Waals surface area contributed by atoms with Gasteiger partial charge in [0.05, 0.1) is 0 Å². The van der Waals surface area contributed by atoms with Crippen LogP contribution in [-0.2, 0) is 9.53 Å². The van der Waals surface area contributed by atoms with Gasteiger partial charge in [-0.1, -0.05) is 19.2 Å². The van der Waals surface area contributed by atoms with Gasteiger partial charge < -0.3 is 9.84 Å². The molecule has 4 atom stereocenters. The Balaban J connectivity index is 5.74. The van der Waals surface area contributed by atoms with Gasteiger partial charge in [-0.25, -0.2) is 13.6 Å². The average molecular weight is 428 g/mol. The molecular weight excluding hydrogens is 414 g/mol. The van der Waals surface area contributed by atoms with E-state index >= 15 is 0 Å². The molecule has 21 heavy (non-hydrogen) atoms. The highest BCUT2D eigenvalue weighted by Crippen LogP contribution is 2.44. The summed E-state index contributed by atoms with van der Waals surface area (Å²) in [5.74, 6) is -1.29. The summed E-state index contributed by atoms with van der Waals surface area (Å²) in [5.41, 5.74) is -3.12. The highest BCUT2D eigenvalue weighted by Gasteiger charge is 2.62. The molecule has 0 fully saturated rings. The monoisotopic (exact) mass is 428 g/mol. The number of rotatable bonds is 6. The van der Waals surface area contributed by atoms with Crippen LogP contribution in [0.3, 0.4) is 0 Å². The molecule has 4 unspecified atom stereocenters. The van der Waals surface area contributed by atoms with Crippen molar-refractivity contribution in [2.45, 2.75) is 41.6 Å². The fourth-order valence-corrected chi connectivity index (χ4v) is 2.34. The van der Waals surface area contributed by atoms with E-state index in [0.717, 1.165) is 6.92 Å². The molecule has 0 aromatic rings. The summed E-state index contributed by atoms with van der Waals surface area (Å²) < 4.78 is 66.8. The van der Waals surface area contributed by atoms with E-state index in [1.807, 2.05) is 0 Å². The molecule has 0 radical (unpaired) electrons. The number of halogens is 6. The maximum atomic E-state index is 14.4. The summed E-state index contributed by atoms with van der Waals surface area (Å²) in [6.07, 6.45) is -11.0. The zero-order chi connectivity index (χ0) is 17.2. The fourth-order valence-electron chi connectivity index (χ4n) is 1.25. The minimum absolute atomic E-state index is 0.270. The van der Waals surface area contributed by atoms with Gasteiger partial charge >= 0.3 is 12.1 Å². The van der Waals surface area contributed by atoms with Crippen LogP contribution in [-0.4, -0.2) is 38.8 Å². The van der Waals surface area contributed by atoms with Crippen LogP contribution in [0.4, 0.5) is 22.0 Å². The van der Waals surface area contributed by atoms with Crippen LogP contribution in [0.15, 0.2) is 24.8 Å². The second-order valence-electron chi connectivity index (χ2n) is 4.54. The quantitative estimate of drug-likeness (QED) is 0.176. The molecule has 0 aliphatic heterocycles. The fraction of sp³-hybridized carbons (Fsp3) is 0.583. The zero-order valence-electron chi connectivity index (χ0n) is 11.2. The van der Waals surface area contributed by atoms with Crippen molar-refractivity contribution in [3.05, 3.63) is 24.8 Å². The predicted molar refractivity (Wildman–Crippen MR) is 74.3 cm³/mol. The first kappa shape index (κ1) is 20.3. The van der Waals surface area contributed by atoms with E-state index in [1.54, 1.807) is 0 Å². The molecule has 0 rings (SSSR count). The van der Waals surface area contributed by atoms with Gasteiger partial charge in [0.25, 0.3) is 0 Å². The number of ether oxygens (including phenoxy) is 1. The maximum absolute atomic E-state index is 14.4. The van der Waals surface area contributed by atoms with E-state index in [9.17, 15) is 26.7 Å². The highest BCUT2D eigenvalue weighted by atomic mass is 127. The number of hydrogen-bond donors (Lipinski definition) is 1. The molecule has 0 spiro atoms. The normalized spacial score (nSPS) is 20.6. The SMILES string of the molecule is C=CC(C)(F)C(OC(=O)C(=C)C)C(F)(I)C(O)C(F)(F)F. The van der Waals surface area contributed by atoms with Gasteiger partial charge in [-0.3, -0.25) is 0 Å². The summed E-state index contributed by atoms with van der Waals surface area (Å²) in [4.78, 5) is 11.4. The molecule has 0 saturated heterocycles. The lowest BCUT2D eigenvalue weighted by Gasteiger charge is -2.38. The Bertz CT molecular complexity index is 431. The Morgan fingerprint density at radius 2 is 1.76 bits per heavy atom. The first-order valence-electron chi connectivity index (χ1n) is 5.49. The molecule has 0 amide bonds. The van der Waals surface area contributed by atoms with E-state index in [2.05, 4.69) is 17.9 Å². The van der Waals surface area contributed by atoms with Crippen molar-refractivity contribution in [2.24, 2.45) is 0 Å². The zero-order valence-corrected chi connectivity index (χ0v) is 13.3. The smallest absolute Gasteiger partial charge is 0.418 e. The summed E-state index contributed by atoms with van der Waals surface area (Å²) in [7, 11) is 0. The van der Waals surface area contributed by atoms with Crippen LogP contribution in [0.25, 0.3) is 0 Å². The van der Waals surface area contributed by atoms with Gasteiger partial charge in [-0.2, -0.15) is 13.2 Å². The molecule has 9 heteroatoms. The second kappa shape index (κ2) is 6.59. The third-order valence-electron chi connectivity index (χ3n) is 2.51. The molecular formula is C12H14F5IO3. The molecule has 0 aromatic carbocycles. The molecule has 0 heterocycles. The lowest BCUT2D eigenvalue weighted by atomic mass is 9.93. The van der Waals surface area contributed by atoms with Crippen molar-refractivity contribution in [3.63, 3.8) is 0 Å². The standard InChI is InChI=1S/C12H14F5IO3/c1-5-10(4,13)9(21-7(19)6(2)3)11(14,18)8(20)12(15,16)17/h5,8-9,20H,1-2H2,3-4H3. The number of esters is 1. The number of alkyl halides is 6. The number of carbonyl (C=O) groups excluding carboxylic acids is 1. The van der Waals surface area contributed by atoms with Gasteiger partial charge in [0.1, 0.15) is 0 Å². The lowest BCUT2D eigenvalue weighted by Crippen LogP contribution is -2.58. The van der Waals surface area contributed by atoms with Crippen molar-refractivity contribution in [3.8, 4) is 0 Å². The first-order chi connectivity index (χ1) is 9.17. The molecule has 0 aliphatic rings.